The Bertz CT molecular complexity index is 548. The average molecular weight is 309 g/mol. The number of hydrogen-bond donors (Lipinski definition) is 1. The van der Waals surface area contributed by atoms with Crippen LogP contribution < -0.4 is 5.32 Å². The zero-order chi connectivity index (χ0) is 13.1. The monoisotopic (exact) mass is 308 g/mol. The van der Waals surface area contributed by atoms with Gasteiger partial charge in [-0.15, -0.1) is 10.2 Å². The molecule has 4 nitrogen and oxygen atoms in total. The number of anilines is 1. The molecular weight excluding hydrogens is 292 g/mol. The van der Waals surface area contributed by atoms with Crippen molar-refractivity contribution in [3.63, 3.8) is 0 Å². The van der Waals surface area contributed by atoms with Gasteiger partial charge in [-0.1, -0.05) is 18.2 Å². The summed E-state index contributed by atoms with van der Waals surface area (Å²) in [5, 5.41) is 11.7. The highest BCUT2D eigenvalue weighted by molar-refractivity contribution is 9.10. The number of halogens is 1. The largest absolute Gasteiger partial charge is 0.355 e. The van der Waals surface area contributed by atoms with E-state index in [0.717, 1.165) is 34.9 Å². The van der Waals surface area contributed by atoms with Crippen molar-refractivity contribution in [2.45, 2.75) is 27.3 Å². The molecule has 0 aliphatic heterocycles. The standard InChI is InChI=1S/C13H17BrN4/c1-4-15-13-17-16-12(18(13)5-2)10-8-6-7-9(3)11(10)14/h6-8H,4-5H2,1-3H3,(H,15,17). The van der Waals surface area contributed by atoms with Crippen LogP contribution in [-0.4, -0.2) is 21.3 Å². The molecule has 2 rings (SSSR count). The normalized spacial score (nSPS) is 10.7. The summed E-state index contributed by atoms with van der Waals surface area (Å²) in [7, 11) is 0. The van der Waals surface area contributed by atoms with Crippen LogP contribution in [-0.2, 0) is 6.54 Å². The SMILES string of the molecule is CCNc1nnc(-c2cccc(C)c2Br)n1CC. The molecule has 2 aromatic rings. The summed E-state index contributed by atoms with van der Waals surface area (Å²) in [6.07, 6.45) is 0. The van der Waals surface area contributed by atoms with E-state index in [2.05, 4.69) is 68.9 Å². The lowest BCUT2D eigenvalue weighted by Crippen LogP contribution is -2.07. The Hall–Kier alpha value is -1.36. The summed E-state index contributed by atoms with van der Waals surface area (Å²) in [5.41, 5.74) is 2.27. The molecule has 0 aliphatic rings. The third kappa shape index (κ3) is 2.27. The molecule has 0 bridgehead atoms. The molecule has 1 N–H and O–H groups in total. The van der Waals surface area contributed by atoms with Gasteiger partial charge < -0.3 is 5.32 Å². The van der Waals surface area contributed by atoms with E-state index in [1.807, 2.05) is 6.07 Å². The summed E-state index contributed by atoms with van der Waals surface area (Å²) in [5.74, 6) is 1.72. The molecule has 0 saturated heterocycles. The van der Waals surface area contributed by atoms with Gasteiger partial charge >= 0.3 is 0 Å². The summed E-state index contributed by atoms with van der Waals surface area (Å²) >= 11 is 3.63. The van der Waals surface area contributed by atoms with Gasteiger partial charge in [-0.3, -0.25) is 4.57 Å². The lowest BCUT2D eigenvalue weighted by Gasteiger charge is -2.10. The maximum Gasteiger partial charge on any atom is 0.224 e. The fourth-order valence-electron chi connectivity index (χ4n) is 1.91. The van der Waals surface area contributed by atoms with Crippen LogP contribution in [0, 0.1) is 6.92 Å². The van der Waals surface area contributed by atoms with Crippen molar-refractivity contribution in [3.05, 3.63) is 28.2 Å². The van der Waals surface area contributed by atoms with Crippen LogP contribution in [0.4, 0.5) is 5.95 Å². The highest BCUT2D eigenvalue weighted by atomic mass is 79.9. The minimum Gasteiger partial charge on any atom is -0.355 e. The Labute approximate surface area is 116 Å². The van der Waals surface area contributed by atoms with E-state index in [1.54, 1.807) is 0 Å². The number of nitrogens with zero attached hydrogens (tertiary/aromatic N) is 3. The second-order valence-corrected chi connectivity index (χ2v) is 4.85. The fraction of sp³-hybridized carbons (Fsp3) is 0.385. The molecule has 0 radical (unpaired) electrons. The minimum absolute atomic E-state index is 0.823. The van der Waals surface area contributed by atoms with Gasteiger partial charge in [0, 0.05) is 23.1 Å². The molecule has 0 aliphatic carbocycles. The number of hydrogen-bond acceptors (Lipinski definition) is 3. The number of benzene rings is 1. The molecule has 0 fully saturated rings. The van der Waals surface area contributed by atoms with Gasteiger partial charge in [-0.25, -0.2) is 0 Å². The van der Waals surface area contributed by atoms with E-state index >= 15 is 0 Å². The second-order valence-electron chi connectivity index (χ2n) is 4.06. The Morgan fingerprint density at radius 1 is 1.28 bits per heavy atom. The van der Waals surface area contributed by atoms with Gasteiger partial charge in [-0.2, -0.15) is 0 Å². The summed E-state index contributed by atoms with van der Waals surface area (Å²) in [6, 6.07) is 6.17. The summed E-state index contributed by atoms with van der Waals surface area (Å²) in [4.78, 5) is 0. The van der Waals surface area contributed by atoms with Gasteiger partial charge in [0.05, 0.1) is 0 Å². The first-order valence-corrected chi connectivity index (χ1v) is 6.90. The molecule has 5 heteroatoms. The quantitative estimate of drug-likeness (QED) is 0.940. The van der Waals surface area contributed by atoms with Gasteiger partial charge in [-0.05, 0) is 42.3 Å². The van der Waals surface area contributed by atoms with E-state index in [1.165, 1.54) is 5.56 Å². The number of aryl methyl sites for hydroxylation is 1. The van der Waals surface area contributed by atoms with E-state index in [-0.39, 0.29) is 0 Å². The van der Waals surface area contributed by atoms with E-state index in [9.17, 15) is 0 Å². The predicted octanol–water partition coefficient (Wildman–Crippen LogP) is 3.47. The van der Waals surface area contributed by atoms with Crippen molar-refractivity contribution >= 4 is 21.9 Å². The molecule has 1 heterocycles. The van der Waals surface area contributed by atoms with Crippen molar-refractivity contribution in [1.29, 1.82) is 0 Å². The van der Waals surface area contributed by atoms with Crippen LogP contribution in [0.3, 0.4) is 0 Å². The van der Waals surface area contributed by atoms with Crippen LogP contribution in [0.15, 0.2) is 22.7 Å². The van der Waals surface area contributed by atoms with Gasteiger partial charge in [0.25, 0.3) is 0 Å². The van der Waals surface area contributed by atoms with E-state index < -0.39 is 0 Å². The van der Waals surface area contributed by atoms with Gasteiger partial charge in [0.15, 0.2) is 5.82 Å². The molecule has 0 spiro atoms. The second kappa shape index (κ2) is 5.52. The Balaban J connectivity index is 2.53. The van der Waals surface area contributed by atoms with Gasteiger partial charge in [0.2, 0.25) is 5.95 Å². The third-order valence-corrected chi connectivity index (χ3v) is 3.89. The van der Waals surface area contributed by atoms with Crippen LogP contribution in [0.5, 0.6) is 0 Å². The van der Waals surface area contributed by atoms with E-state index in [4.69, 9.17) is 0 Å². The third-order valence-electron chi connectivity index (χ3n) is 2.83. The highest BCUT2D eigenvalue weighted by Crippen LogP contribution is 2.30. The topological polar surface area (TPSA) is 42.7 Å². The number of rotatable bonds is 4. The highest BCUT2D eigenvalue weighted by Gasteiger charge is 2.14. The van der Waals surface area contributed by atoms with Gasteiger partial charge in [0.1, 0.15) is 0 Å². The number of aromatic nitrogens is 3. The molecule has 0 unspecified atom stereocenters. The van der Waals surface area contributed by atoms with Crippen LogP contribution in [0.2, 0.25) is 0 Å². The zero-order valence-corrected chi connectivity index (χ0v) is 12.5. The van der Waals surface area contributed by atoms with Crippen molar-refractivity contribution in [1.82, 2.24) is 14.8 Å². The Morgan fingerprint density at radius 2 is 2.06 bits per heavy atom. The lowest BCUT2D eigenvalue weighted by atomic mass is 10.1. The smallest absolute Gasteiger partial charge is 0.224 e. The molecule has 1 aromatic heterocycles. The number of nitrogens with one attached hydrogen (secondary N) is 1. The van der Waals surface area contributed by atoms with E-state index in [0.29, 0.717) is 0 Å². The lowest BCUT2D eigenvalue weighted by molar-refractivity contribution is 0.770. The summed E-state index contributed by atoms with van der Waals surface area (Å²) < 4.78 is 3.17. The molecule has 1 aromatic carbocycles. The van der Waals surface area contributed by atoms with Crippen molar-refractivity contribution in [2.24, 2.45) is 0 Å². The first-order valence-electron chi connectivity index (χ1n) is 6.11. The fourth-order valence-corrected chi connectivity index (χ4v) is 2.35. The Kier molecular flexibility index (Phi) is 4.01. The maximum absolute atomic E-state index is 4.30. The van der Waals surface area contributed by atoms with Crippen LogP contribution in [0.25, 0.3) is 11.4 Å². The molecule has 18 heavy (non-hydrogen) atoms. The molecule has 96 valence electrons. The summed E-state index contributed by atoms with van der Waals surface area (Å²) in [6.45, 7) is 7.90. The minimum atomic E-state index is 0.823. The molecular formula is C13H17BrN4. The zero-order valence-electron chi connectivity index (χ0n) is 10.9. The average Bonchev–Trinajstić information content (AvgIpc) is 2.76. The van der Waals surface area contributed by atoms with Crippen molar-refractivity contribution in [3.8, 4) is 11.4 Å². The maximum atomic E-state index is 4.30. The predicted molar refractivity (Wildman–Crippen MR) is 77.7 cm³/mol. The molecule has 0 atom stereocenters. The molecule has 0 amide bonds. The van der Waals surface area contributed by atoms with Crippen molar-refractivity contribution in [2.75, 3.05) is 11.9 Å². The first kappa shape index (κ1) is 13.1. The van der Waals surface area contributed by atoms with Crippen LogP contribution >= 0.6 is 15.9 Å². The first-order chi connectivity index (χ1) is 8.69. The molecule has 0 saturated carbocycles. The Morgan fingerprint density at radius 3 is 2.72 bits per heavy atom. The van der Waals surface area contributed by atoms with Crippen LogP contribution in [0.1, 0.15) is 19.4 Å². The van der Waals surface area contributed by atoms with Crippen molar-refractivity contribution < 1.29 is 0 Å².